The highest BCUT2D eigenvalue weighted by Gasteiger charge is 2.56. The molecular formula is C27H26F5N3O6. The summed E-state index contributed by atoms with van der Waals surface area (Å²) < 4.78 is 86.1. The molecule has 0 aliphatic rings. The van der Waals surface area contributed by atoms with Crippen LogP contribution >= 0.6 is 0 Å². The molecule has 0 spiro atoms. The monoisotopic (exact) mass is 583 g/mol. The molecule has 0 aliphatic carbocycles. The van der Waals surface area contributed by atoms with Crippen LogP contribution in [0.2, 0.25) is 0 Å². The number of amides is 2. The summed E-state index contributed by atoms with van der Waals surface area (Å²) in [5.41, 5.74) is -0.262. The maximum absolute atomic E-state index is 14.3. The van der Waals surface area contributed by atoms with Crippen LogP contribution < -0.4 is 25.3 Å². The van der Waals surface area contributed by atoms with Gasteiger partial charge in [0.1, 0.15) is 23.4 Å². The van der Waals surface area contributed by atoms with Crippen molar-refractivity contribution in [3.05, 3.63) is 71.2 Å². The Kier molecular flexibility index (Phi) is 9.38. The van der Waals surface area contributed by atoms with E-state index in [1.54, 1.807) is 0 Å². The minimum atomic E-state index is -5.33. The first-order valence-electron chi connectivity index (χ1n) is 11.9. The molecule has 0 bridgehead atoms. The smallest absolute Gasteiger partial charge is 0.424 e. The normalized spacial score (nSPS) is 13.6. The minimum absolute atomic E-state index is 0.00675. The van der Waals surface area contributed by atoms with Gasteiger partial charge in [0.15, 0.2) is 18.1 Å². The molecule has 3 rings (SSSR count). The molecule has 14 heteroatoms. The number of primary amides is 1. The van der Waals surface area contributed by atoms with E-state index in [-0.39, 0.29) is 39.6 Å². The van der Waals surface area contributed by atoms with E-state index in [0.717, 1.165) is 37.3 Å². The number of halogens is 5. The summed E-state index contributed by atoms with van der Waals surface area (Å²) in [6.45, 7) is -0.748. The van der Waals surface area contributed by atoms with Crippen molar-refractivity contribution < 1.29 is 50.9 Å². The lowest BCUT2D eigenvalue weighted by atomic mass is 9.96. The van der Waals surface area contributed by atoms with Gasteiger partial charge in [0.25, 0.3) is 11.8 Å². The van der Waals surface area contributed by atoms with Gasteiger partial charge in [-0.1, -0.05) is 0 Å². The molecule has 3 aromatic rings. The van der Waals surface area contributed by atoms with E-state index in [2.05, 4.69) is 4.98 Å². The van der Waals surface area contributed by atoms with Gasteiger partial charge in [-0.15, -0.1) is 0 Å². The Labute approximate surface area is 231 Å². The van der Waals surface area contributed by atoms with Crippen LogP contribution in [-0.4, -0.2) is 55.5 Å². The summed E-state index contributed by atoms with van der Waals surface area (Å²) in [6.07, 6.45) is -7.06. The van der Waals surface area contributed by atoms with Crippen molar-refractivity contribution in [2.75, 3.05) is 27.4 Å². The molecule has 0 radical (unpaired) electrons. The van der Waals surface area contributed by atoms with Crippen LogP contribution in [0, 0.1) is 5.82 Å². The molecule has 1 aromatic heterocycles. The fourth-order valence-corrected chi connectivity index (χ4v) is 3.77. The van der Waals surface area contributed by atoms with E-state index in [4.69, 9.17) is 19.9 Å². The summed E-state index contributed by atoms with van der Waals surface area (Å²) in [4.78, 5) is 27.6. The summed E-state index contributed by atoms with van der Waals surface area (Å²) >= 11 is 0. The summed E-state index contributed by atoms with van der Waals surface area (Å²) in [7, 11) is 2.46. The van der Waals surface area contributed by atoms with E-state index in [1.807, 2.05) is 5.32 Å². The Morgan fingerprint density at radius 2 is 1.68 bits per heavy atom. The number of rotatable bonds is 11. The molecule has 1 heterocycles. The van der Waals surface area contributed by atoms with Crippen LogP contribution in [0.15, 0.2) is 48.5 Å². The van der Waals surface area contributed by atoms with E-state index in [0.29, 0.717) is 0 Å². The van der Waals surface area contributed by atoms with Crippen molar-refractivity contribution in [2.45, 2.75) is 24.9 Å². The third-order valence-corrected chi connectivity index (χ3v) is 5.97. The molecule has 2 unspecified atom stereocenters. The first-order chi connectivity index (χ1) is 19.2. The maximum atomic E-state index is 14.3. The highest BCUT2D eigenvalue weighted by atomic mass is 19.4. The number of pyridine rings is 1. The quantitative estimate of drug-likeness (QED) is 0.291. The SMILES string of the molecule is COc1cc(C(=O)NCC(O)(c2ccc(OC)c(-c3ccc(F)c(C(C)F)c3)n2)C(F)(F)F)ccc1OCC(N)=O. The van der Waals surface area contributed by atoms with Crippen LogP contribution in [0.5, 0.6) is 17.2 Å². The molecule has 0 saturated heterocycles. The Morgan fingerprint density at radius 1 is 1.02 bits per heavy atom. The molecule has 9 nitrogen and oxygen atoms in total. The largest absolute Gasteiger partial charge is 0.494 e. The fourth-order valence-electron chi connectivity index (χ4n) is 3.77. The molecule has 2 aromatic carbocycles. The van der Waals surface area contributed by atoms with E-state index >= 15 is 0 Å². The number of nitrogens with zero attached hydrogens (tertiary/aromatic N) is 1. The second kappa shape index (κ2) is 12.4. The average Bonchev–Trinajstić information content (AvgIpc) is 2.93. The van der Waals surface area contributed by atoms with E-state index in [9.17, 15) is 36.6 Å². The van der Waals surface area contributed by atoms with Crippen LogP contribution in [0.3, 0.4) is 0 Å². The van der Waals surface area contributed by atoms with Crippen LogP contribution in [0.1, 0.15) is 34.7 Å². The Balaban J connectivity index is 1.96. The fraction of sp³-hybridized carbons (Fsp3) is 0.296. The van der Waals surface area contributed by atoms with Gasteiger partial charge in [0, 0.05) is 16.7 Å². The lowest BCUT2D eigenvalue weighted by molar-refractivity contribution is -0.265. The lowest BCUT2D eigenvalue weighted by Gasteiger charge is -2.30. The van der Waals surface area contributed by atoms with Gasteiger partial charge < -0.3 is 30.4 Å². The number of carbonyl (C=O) groups excluding carboxylic acids is 2. The first kappa shape index (κ1) is 31.1. The van der Waals surface area contributed by atoms with Gasteiger partial charge in [-0.3, -0.25) is 9.59 Å². The second-order valence-electron chi connectivity index (χ2n) is 8.76. The Bertz CT molecular complexity index is 1430. The molecule has 220 valence electrons. The van der Waals surface area contributed by atoms with Gasteiger partial charge in [-0.05, 0) is 55.5 Å². The third kappa shape index (κ3) is 6.82. The predicted octanol–water partition coefficient (Wildman–Crippen LogP) is 3.98. The zero-order valence-corrected chi connectivity index (χ0v) is 22.0. The van der Waals surface area contributed by atoms with Gasteiger partial charge in [-0.25, -0.2) is 13.8 Å². The number of ether oxygens (including phenoxy) is 3. The zero-order valence-electron chi connectivity index (χ0n) is 22.0. The van der Waals surface area contributed by atoms with Crippen molar-refractivity contribution in [1.29, 1.82) is 0 Å². The maximum Gasteiger partial charge on any atom is 0.424 e. The van der Waals surface area contributed by atoms with Crippen molar-refractivity contribution in [2.24, 2.45) is 5.73 Å². The highest BCUT2D eigenvalue weighted by molar-refractivity contribution is 5.95. The number of nitrogens with one attached hydrogen (secondary N) is 1. The number of aliphatic hydroxyl groups is 1. The highest BCUT2D eigenvalue weighted by Crippen LogP contribution is 2.40. The average molecular weight is 584 g/mol. The molecule has 0 aliphatic heterocycles. The molecule has 2 amide bonds. The number of nitrogens with two attached hydrogens (primary N) is 1. The van der Waals surface area contributed by atoms with Crippen molar-refractivity contribution in [3.8, 4) is 28.5 Å². The number of hydrogen-bond acceptors (Lipinski definition) is 7. The number of benzene rings is 2. The third-order valence-electron chi connectivity index (χ3n) is 5.97. The Morgan fingerprint density at radius 3 is 2.27 bits per heavy atom. The molecule has 4 N–H and O–H groups in total. The molecule has 2 atom stereocenters. The van der Waals surface area contributed by atoms with Gasteiger partial charge in [0.2, 0.25) is 5.60 Å². The molecule has 41 heavy (non-hydrogen) atoms. The van der Waals surface area contributed by atoms with Gasteiger partial charge in [-0.2, -0.15) is 13.2 Å². The second-order valence-corrected chi connectivity index (χ2v) is 8.76. The summed E-state index contributed by atoms with van der Waals surface area (Å²) in [6, 6.07) is 8.75. The lowest BCUT2D eigenvalue weighted by Crippen LogP contribution is -2.51. The number of carbonyl (C=O) groups is 2. The number of methoxy groups -OCH3 is 2. The zero-order chi connectivity index (χ0) is 30.5. The van der Waals surface area contributed by atoms with Crippen molar-refractivity contribution in [3.63, 3.8) is 0 Å². The van der Waals surface area contributed by atoms with Crippen molar-refractivity contribution >= 4 is 11.8 Å². The van der Waals surface area contributed by atoms with Crippen LogP contribution in [0.25, 0.3) is 11.3 Å². The van der Waals surface area contributed by atoms with E-state index < -0.39 is 54.4 Å². The van der Waals surface area contributed by atoms with Crippen LogP contribution in [0.4, 0.5) is 22.0 Å². The number of alkyl halides is 4. The Hall–Kier alpha value is -4.46. The van der Waals surface area contributed by atoms with Gasteiger partial charge in [0.05, 0.1) is 26.5 Å². The minimum Gasteiger partial charge on any atom is -0.494 e. The predicted molar refractivity (Wildman–Crippen MR) is 136 cm³/mol. The van der Waals surface area contributed by atoms with Crippen molar-refractivity contribution in [1.82, 2.24) is 10.3 Å². The molecular weight excluding hydrogens is 557 g/mol. The van der Waals surface area contributed by atoms with E-state index in [1.165, 1.54) is 32.4 Å². The first-order valence-corrected chi connectivity index (χ1v) is 11.9. The number of hydrogen-bond donors (Lipinski definition) is 3. The number of aromatic nitrogens is 1. The topological polar surface area (TPSA) is 133 Å². The molecule has 0 saturated carbocycles. The van der Waals surface area contributed by atoms with Gasteiger partial charge >= 0.3 is 6.18 Å². The summed E-state index contributed by atoms with van der Waals surface area (Å²) in [5, 5.41) is 12.9. The van der Waals surface area contributed by atoms with Crippen LogP contribution in [-0.2, 0) is 10.4 Å². The molecule has 0 fully saturated rings. The standard InChI is InChI=1S/C27H26F5N3O6/c1-14(28)17-10-15(4-6-18(17)29)24-20(39-2)8-9-22(35-24)26(38,27(30,31)32)13-34-25(37)16-5-7-19(21(11-16)40-3)41-12-23(33)36/h4-11,14,38H,12-13H2,1-3H3,(H2,33,36)(H,34,37). The summed E-state index contributed by atoms with van der Waals surface area (Å²) in [5.74, 6) is -2.63.